The number of benzene rings is 1. The number of nitriles is 1. The predicted molar refractivity (Wildman–Crippen MR) is 46.5 cm³/mol. The van der Waals surface area contributed by atoms with E-state index in [1.165, 1.54) is 0 Å². The standard InChI is InChI=1S/C10H9NO2/c1-7-4-3-5-8-9(7)13-10(2,6-11)12-8/h3-5H,1-2H3. The van der Waals surface area contributed by atoms with Gasteiger partial charge in [-0.3, -0.25) is 0 Å². The van der Waals surface area contributed by atoms with Crippen molar-refractivity contribution in [2.75, 3.05) is 0 Å². The Kier molecular flexibility index (Phi) is 1.46. The highest BCUT2D eigenvalue weighted by Crippen LogP contribution is 2.40. The van der Waals surface area contributed by atoms with E-state index in [1.807, 2.05) is 25.1 Å². The van der Waals surface area contributed by atoms with Crippen molar-refractivity contribution in [3.8, 4) is 17.6 Å². The van der Waals surface area contributed by atoms with Crippen molar-refractivity contribution in [3.05, 3.63) is 23.8 Å². The molecule has 1 heterocycles. The first-order chi connectivity index (χ1) is 6.14. The summed E-state index contributed by atoms with van der Waals surface area (Å²) in [6.07, 6.45) is 0. The highest BCUT2D eigenvalue weighted by atomic mass is 16.7. The largest absolute Gasteiger partial charge is 0.437 e. The maximum Gasteiger partial charge on any atom is 0.339 e. The second-order valence-corrected chi connectivity index (χ2v) is 3.16. The van der Waals surface area contributed by atoms with Crippen LogP contribution in [0.2, 0.25) is 0 Å². The molecule has 1 aliphatic heterocycles. The van der Waals surface area contributed by atoms with Crippen molar-refractivity contribution in [3.63, 3.8) is 0 Å². The summed E-state index contributed by atoms with van der Waals surface area (Å²) in [7, 11) is 0. The zero-order valence-electron chi connectivity index (χ0n) is 7.50. The van der Waals surface area contributed by atoms with E-state index in [4.69, 9.17) is 14.7 Å². The third-order valence-corrected chi connectivity index (χ3v) is 1.98. The first kappa shape index (κ1) is 7.93. The summed E-state index contributed by atoms with van der Waals surface area (Å²) in [6.45, 7) is 3.53. The van der Waals surface area contributed by atoms with Gasteiger partial charge in [-0.25, -0.2) is 0 Å². The van der Waals surface area contributed by atoms with Crippen molar-refractivity contribution < 1.29 is 9.47 Å². The molecule has 66 valence electrons. The summed E-state index contributed by atoms with van der Waals surface area (Å²) < 4.78 is 10.7. The van der Waals surface area contributed by atoms with E-state index in [0.717, 1.165) is 5.56 Å². The molecule has 0 saturated carbocycles. The van der Waals surface area contributed by atoms with Crippen LogP contribution in [0, 0.1) is 18.3 Å². The highest BCUT2D eigenvalue weighted by molar-refractivity contribution is 5.49. The van der Waals surface area contributed by atoms with Crippen molar-refractivity contribution in [2.45, 2.75) is 19.6 Å². The average molecular weight is 175 g/mol. The van der Waals surface area contributed by atoms with Crippen LogP contribution in [0.3, 0.4) is 0 Å². The number of para-hydroxylation sites is 1. The quantitative estimate of drug-likeness (QED) is 0.605. The zero-order chi connectivity index (χ0) is 9.47. The molecular weight excluding hydrogens is 166 g/mol. The summed E-state index contributed by atoms with van der Waals surface area (Å²) >= 11 is 0. The second kappa shape index (κ2) is 2.40. The number of ether oxygens (including phenoxy) is 2. The van der Waals surface area contributed by atoms with Gasteiger partial charge in [0.05, 0.1) is 0 Å². The average Bonchev–Trinajstić information content (AvgIpc) is 2.45. The monoisotopic (exact) mass is 175 g/mol. The van der Waals surface area contributed by atoms with Gasteiger partial charge in [0, 0.05) is 6.92 Å². The van der Waals surface area contributed by atoms with Gasteiger partial charge < -0.3 is 9.47 Å². The molecule has 0 aliphatic carbocycles. The number of nitrogens with zero attached hydrogens (tertiary/aromatic N) is 1. The van der Waals surface area contributed by atoms with Crippen LogP contribution in [-0.4, -0.2) is 5.79 Å². The van der Waals surface area contributed by atoms with Crippen molar-refractivity contribution in [1.29, 1.82) is 5.26 Å². The molecule has 0 radical (unpaired) electrons. The van der Waals surface area contributed by atoms with E-state index in [1.54, 1.807) is 13.0 Å². The lowest BCUT2D eigenvalue weighted by atomic mass is 10.2. The van der Waals surface area contributed by atoms with Crippen molar-refractivity contribution in [2.24, 2.45) is 0 Å². The van der Waals surface area contributed by atoms with E-state index < -0.39 is 5.79 Å². The molecule has 3 nitrogen and oxygen atoms in total. The molecule has 0 bridgehead atoms. The highest BCUT2D eigenvalue weighted by Gasteiger charge is 2.37. The minimum atomic E-state index is -1.16. The molecule has 1 aromatic rings. The van der Waals surface area contributed by atoms with Crippen molar-refractivity contribution in [1.82, 2.24) is 0 Å². The van der Waals surface area contributed by atoms with Crippen LogP contribution in [0.1, 0.15) is 12.5 Å². The fraction of sp³-hybridized carbons (Fsp3) is 0.300. The molecule has 13 heavy (non-hydrogen) atoms. The molecule has 1 aromatic carbocycles. The molecule has 0 saturated heterocycles. The van der Waals surface area contributed by atoms with Crippen LogP contribution in [0.15, 0.2) is 18.2 Å². The SMILES string of the molecule is Cc1cccc2c1OC(C)(C#N)O2. The molecule has 2 rings (SSSR count). The zero-order valence-corrected chi connectivity index (χ0v) is 7.50. The molecular formula is C10H9NO2. The van der Waals surface area contributed by atoms with Crippen LogP contribution < -0.4 is 9.47 Å². The van der Waals surface area contributed by atoms with E-state index in [2.05, 4.69) is 0 Å². The maximum atomic E-state index is 8.79. The summed E-state index contributed by atoms with van der Waals surface area (Å²) in [4.78, 5) is 0. The van der Waals surface area contributed by atoms with Gasteiger partial charge in [0.1, 0.15) is 0 Å². The van der Waals surface area contributed by atoms with Gasteiger partial charge in [-0.15, -0.1) is 0 Å². The van der Waals surface area contributed by atoms with Gasteiger partial charge in [0.25, 0.3) is 0 Å². The molecule has 0 aromatic heterocycles. The van der Waals surface area contributed by atoms with Gasteiger partial charge in [-0.1, -0.05) is 12.1 Å². The lowest BCUT2D eigenvalue weighted by Crippen LogP contribution is -2.32. The number of fused-ring (bicyclic) bond motifs is 1. The van der Waals surface area contributed by atoms with Gasteiger partial charge in [0.15, 0.2) is 17.6 Å². The number of aryl methyl sites for hydroxylation is 1. The van der Waals surface area contributed by atoms with Gasteiger partial charge in [-0.05, 0) is 18.6 Å². The predicted octanol–water partition coefficient (Wildman–Crippen LogP) is 2.01. The van der Waals surface area contributed by atoms with Gasteiger partial charge >= 0.3 is 5.79 Å². The Bertz CT molecular complexity index is 394. The van der Waals surface area contributed by atoms with Crippen LogP contribution in [0.5, 0.6) is 11.5 Å². The first-order valence-electron chi connectivity index (χ1n) is 4.03. The third kappa shape index (κ3) is 1.11. The first-order valence-corrected chi connectivity index (χ1v) is 4.03. The molecule has 0 fully saturated rings. The molecule has 1 atom stereocenters. The van der Waals surface area contributed by atoms with Crippen LogP contribution in [-0.2, 0) is 0 Å². The Morgan fingerprint density at radius 1 is 1.38 bits per heavy atom. The van der Waals surface area contributed by atoms with E-state index in [0.29, 0.717) is 11.5 Å². The van der Waals surface area contributed by atoms with E-state index in [9.17, 15) is 0 Å². The summed E-state index contributed by atoms with van der Waals surface area (Å²) in [6, 6.07) is 7.56. The molecule has 0 N–H and O–H groups in total. The summed E-state index contributed by atoms with van der Waals surface area (Å²) in [5.41, 5.74) is 0.983. The topological polar surface area (TPSA) is 42.2 Å². The molecule has 1 aliphatic rings. The number of rotatable bonds is 0. The van der Waals surface area contributed by atoms with Crippen LogP contribution in [0.4, 0.5) is 0 Å². The maximum absolute atomic E-state index is 8.79. The Hall–Kier alpha value is -1.69. The summed E-state index contributed by atoms with van der Waals surface area (Å²) in [5, 5.41) is 8.79. The Morgan fingerprint density at radius 3 is 2.77 bits per heavy atom. The van der Waals surface area contributed by atoms with Crippen molar-refractivity contribution >= 4 is 0 Å². The molecule has 0 amide bonds. The minimum Gasteiger partial charge on any atom is -0.437 e. The normalized spacial score (nSPS) is 24.1. The van der Waals surface area contributed by atoms with Gasteiger partial charge in [-0.2, -0.15) is 5.26 Å². The number of hydrogen-bond donors (Lipinski definition) is 0. The number of hydrogen-bond acceptors (Lipinski definition) is 3. The molecule has 3 heteroatoms. The van der Waals surface area contributed by atoms with Crippen LogP contribution >= 0.6 is 0 Å². The van der Waals surface area contributed by atoms with Gasteiger partial charge in [0.2, 0.25) is 0 Å². The molecule has 1 unspecified atom stereocenters. The Morgan fingerprint density at radius 2 is 2.15 bits per heavy atom. The van der Waals surface area contributed by atoms with Crippen LogP contribution in [0.25, 0.3) is 0 Å². The van der Waals surface area contributed by atoms with E-state index >= 15 is 0 Å². The smallest absolute Gasteiger partial charge is 0.339 e. The fourth-order valence-electron chi connectivity index (χ4n) is 1.31. The third-order valence-electron chi connectivity index (χ3n) is 1.98. The molecule has 0 spiro atoms. The Labute approximate surface area is 76.5 Å². The lowest BCUT2D eigenvalue weighted by molar-refractivity contribution is -0.00673. The van der Waals surface area contributed by atoms with E-state index in [-0.39, 0.29) is 0 Å². The lowest BCUT2D eigenvalue weighted by Gasteiger charge is -2.12. The minimum absolute atomic E-state index is 0.643. The fourth-order valence-corrected chi connectivity index (χ4v) is 1.31. The second-order valence-electron chi connectivity index (χ2n) is 3.16. The summed E-state index contributed by atoms with van der Waals surface area (Å²) in [5.74, 6) is 0.157. The Balaban J connectivity index is 2.48.